The second kappa shape index (κ2) is 8.65. The molecule has 3 aromatic rings. The van der Waals surface area contributed by atoms with Crippen molar-refractivity contribution in [2.45, 2.75) is 26.8 Å². The monoisotopic (exact) mass is 380 g/mol. The van der Waals surface area contributed by atoms with E-state index in [1.807, 2.05) is 26.0 Å². The summed E-state index contributed by atoms with van der Waals surface area (Å²) in [4.78, 5) is 26.4. The molecule has 2 aromatic carbocycles. The summed E-state index contributed by atoms with van der Waals surface area (Å²) in [6.07, 6.45) is 0.174. The third kappa shape index (κ3) is 4.73. The van der Waals surface area contributed by atoms with Gasteiger partial charge in [-0.2, -0.15) is 0 Å². The van der Waals surface area contributed by atoms with Crippen molar-refractivity contribution in [3.8, 4) is 5.75 Å². The van der Waals surface area contributed by atoms with Gasteiger partial charge in [-0.3, -0.25) is 9.59 Å². The average molecular weight is 380 g/mol. The van der Waals surface area contributed by atoms with Crippen LogP contribution in [0.3, 0.4) is 0 Å². The number of amides is 1. The van der Waals surface area contributed by atoms with Crippen molar-refractivity contribution in [3.63, 3.8) is 0 Å². The number of rotatable bonds is 7. The van der Waals surface area contributed by atoms with Crippen LogP contribution < -0.4 is 10.3 Å². The van der Waals surface area contributed by atoms with E-state index in [2.05, 4.69) is 16.4 Å². The Hall–Kier alpha value is -3.22. The first-order valence-corrected chi connectivity index (χ1v) is 9.21. The number of fused-ring (bicyclic) bond motifs is 1. The van der Waals surface area contributed by atoms with Gasteiger partial charge in [-0.15, -0.1) is 5.10 Å². The van der Waals surface area contributed by atoms with Crippen LogP contribution in [0.4, 0.5) is 0 Å². The second-order valence-electron chi connectivity index (χ2n) is 6.87. The number of carbonyl (C=O) groups excluding carboxylic acids is 1. The fraction of sp³-hybridized carbons (Fsp3) is 0.333. The van der Waals surface area contributed by atoms with Crippen molar-refractivity contribution < 1.29 is 9.53 Å². The van der Waals surface area contributed by atoms with Crippen molar-refractivity contribution in [2.75, 3.05) is 20.2 Å². The van der Waals surface area contributed by atoms with Gasteiger partial charge < -0.3 is 9.64 Å². The highest BCUT2D eigenvalue weighted by Gasteiger charge is 2.11. The Labute approximate surface area is 163 Å². The molecule has 0 bridgehead atoms. The largest absolute Gasteiger partial charge is 0.492 e. The van der Waals surface area contributed by atoms with E-state index >= 15 is 0 Å². The van der Waals surface area contributed by atoms with Crippen molar-refractivity contribution in [1.82, 2.24) is 19.9 Å². The van der Waals surface area contributed by atoms with Gasteiger partial charge in [-0.1, -0.05) is 23.4 Å². The molecule has 1 heterocycles. The fourth-order valence-corrected chi connectivity index (χ4v) is 3.00. The van der Waals surface area contributed by atoms with Crippen molar-refractivity contribution in [2.24, 2.45) is 0 Å². The molecule has 3 rings (SSSR count). The lowest BCUT2D eigenvalue weighted by Crippen LogP contribution is -2.33. The van der Waals surface area contributed by atoms with E-state index < -0.39 is 0 Å². The van der Waals surface area contributed by atoms with E-state index in [0.717, 1.165) is 16.9 Å². The zero-order valence-corrected chi connectivity index (χ0v) is 16.4. The highest BCUT2D eigenvalue weighted by atomic mass is 16.5. The summed E-state index contributed by atoms with van der Waals surface area (Å²) in [6, 6.07) is 13.1. The van der Waals surface area contributed by atoms with Crippen LogP contribution in [0.25, 0.3) is 10.9 Å². The third-order valence-corrected chi connectivity index (χ3v) is 4.48. The summed E-state index contributed by atoms with van der Waals surface area (Å²) in [5.41, 5.74) is 2.60. The Morgan fingerprint density at radius 1 is 1.14 bits per heavy atom. The molecule has 0 N–H and O–H groups in total. The second-order valence-corrected chi connectivity index (χ2v) is 6.87. The molecule has 0 atom stereocenters. The standard InChI is InChI=1S/C21H24N4O3/c1-15-12-16(2)14-17(13-15)28-11-10-24(3)20(26)8-9-25-21(27)18-6-4-5-7-19(18)22-23-25/h4-7,12-14H,8-11H2,1-3H3. The molecular weight excluding hydrogens is 356 g/mol. The Kier molecular flexibility index (Phi) is 6.03. The first-order valence-electron chi connectivity index (χ1n) is 9.21. The predicted octanol–water partition coefficient (Wildman–Crippen LogP) is 2.34. The van der Waals surface area contributed by atoms with Crippen LogP contribution in [0.2, 0.25) is 0 Å². The molecule has 0 saturated carbocycles. The summed E-state index contributed by atoms with van der Waals surface area (Å²) in [7, 11) is 1.72. The predicted molar refractivity (Wildman–Crippen MR) is 107 cm³/mol. The topological polar surface area (TPSA) is 77.3 Å². The number of likely N-dealkylation sites (N-methyl/N-ethyl adjacent to an activating group) is 1. The number of hydrogen-bond donors (Lipinski definition) is 0. The quantitative estimate of drug-likeness (QED) is 0.629. The lowest BCUT2D eigenvalue weighted by molar-refractivity contribution is -0.130. The van der Waals surface area contributed by atoms with Gasteiger partial charge in [0, 0.05) is 13.5 Å². The van der Waals surface area contributed by atoms with Crippen molar-refractivity contribution in [1.29, 1.82) is 0 Å². The minimum atomic E-state index is -0.237. The molecule has 0 unspecified atom stereocenters. The molecule has 146 valence electrons. The zero-order valence-electron chi connectivity index (χ0n) is 16.4. The van der Waals surface area contributed by atoms with E-state index in [9.17, 15) is 9.59 Å². The zero-order chi connectivity index (χ0) is 20.1. The molecule has 0 spiro atoms. The first kappa shape index (κ1) is 19.5. The number of benzene rings is 2. The van der Waals surface area contributed by atoms with E-state index in [4.69, 9.17) is 4.74 Å². The van der Waals surface area contributed by atoms with Crippen LogP contribution >= 0.6 is 0 Å². The number of aromatic nitrogens is 3. The number of ether oxygens (including phenoxy) is 1. The summed E-state index contributed by atoms with van der Waals surface area (Å²) >= 11 is 0. The number of nitrogens with zero attached hydrogens (tertiary/aromatic N) is 4. The SMILES string of the molecule is Cc1cc(C)cc(OCCN(C)C(=O)CCn2nnc3ccccc3c2=O)c1. The minimum Gasteiger partial charge on any atom is -0.492 e. The molecule has 7 nitrogen and oxygen atoms in total. The number of hydrogen-bond acceptors (Lipinski definition) is 5. The first-order chi connectivity index (χ1) is 13.4. The molecule has 1 aromatic heterocycles. The Morgan fingerprint density at radius 3 is 2.61 bits per heavy atom. The fourth-order valence-electron chi connectivity index (χ4n) is 3.00. The van der Waals surface area contributed by atoms with Gasteiger partial charge in [-0.25, -0.2) is 4.68 Å². The van der Waals surface area contributed by atoms with Gasteiger partial charge in [0.25, 0.3) is 5.56 Å². The lowest BCUT2D eigenvalue weighted by atomic mass is 10.1. The van der Waals surface area contributed by atoms with Crippen molar-refractivity contribution in [3.05, 3.63) is 63.9 Å². The maximum atomic E-state index is 12.4. The van der Waals surface area contributed by atoms with Gasteiger partial charge in [0.1, 0.15) is 17.9 Å². The summed E-state index contributed by atoms with van der Waals surface area (Å²) in [5.74, 6) is 0.724. The van der Waals surface area contributed by atoms with Crippen molar-refractivity contribution >= 4 is 16.8 Å². The highest BCUT2D eigenvalue weighted by molar-refractivity contribution is 5.77. The van der Waals surface area contributed by atoms with E-state index in [1.54, 1.807) is 36.2 Å². The Morgan fingerprint density at radius 2 is 1.86 bits per heavy atom. The molecule has 0 radical (unpaired) electrons. The lowest BCUT2D eigenvalue weighted by Gasteiger charge is -2.18. The Bertz CT molecular complexity index is 1020. The van der Waals surface area contributed by atoms with E-state index in [1.165, 1.54) is 4.68 Å². The van der Waals surface area contributed by atoms with Gasteiger partial charge in [0.15, 0.2) is 0 Å². The molecule has 1 amide bonds. The van der Waals surface area contributed by atoms with Crippen LogP contribution in [0.5, 0.6) is 5.75 Å². The van der Waals surface area contributed by atoms with Gasteiger partial charge in [-0.05, 0) is 49.2 Å². The molecule has 0 aliphatic carbocycles. The molecular formula is C21H24N4O3. The number of carbonyl (C=O) groups is 1. The maximum Gasteiger partial charge on any atom is 0.277 e. The normalized spacial score (nSPS) is 10.8. The molecule has 0 fully saturated rings. The third-order valence-electron chi connectivity index (χ3n) is 4.48. The maximum absolute atomic E-state index is 12.4. The average Bonchev–Trinajstić information content (AvgIpc) is 2.66. The van der Waals surface area contributed by atoms with E-state index in [0.29, 0.717) is 24.1 Å². The molecule has 0 aliphatic rings. The molecule has 0 saturated heterocycles. The molecule has 7 heteroatoms. The van der Waals surface area contributed by atoms with Crippen LogP contribution in [0.15, 0.2) is 47.3 Å². The molecule has 28 heavy (non-hydrogen) atoms. The number of aryl methyl sites for hydroxylation is 3. The van der Waals surface area contributed by atoms with Gasteiger partial charge in [0.2, 0.25) is 5.91 Å². The van der Waals surface area contributed by atoms with Crippen LogP contribution in [0.1, 0.15) is 17.5 Å². The van der Waals surface area contributed by atoms with Gasteiger partial charge in [0.05, 0.1) is 18.5 Å². The minimum absolute atomic E-state index is 0.0779. The summed E-state index contributed by atoms with van der Waals surface area (Å²) < 4.78 is 6.98. The van der Waals surface area contributed by atoms with Gasteiger partial charge >= 0.3 is 0 Å². The molecule has 0 aliphatic heterocycles. The Balaban J connectivity index is 1.52. The van der Waals surface area contributed by atoms with Crippen LogP contribution in [-0.2, 0) is 11.3 Å². The van der Waals surface area contributed by atoms with Crippen LogP contribution in [0, 0.1) is 13.8 Å². The summed E-state index contributed by atoms with van der Waals surface area (Å²) in [6.45, 7) is 5.10. The highest BCUT2D eigenvalue weighted by Crippen LogP contribution is 2.16. The van der Waals surface area contributed by atoms with E-state index in [-0.39, 0.29) is 24.4 Å². The smallest absolute Gasteiger partial charge is 0.277 e. The summed E-state index contributed by atoms with van der Waals surface area (Å²) in [5, 5.41) is 8.45. The van der Waals surface area contributed by atoms with Crippen LogP contribution in [-0.4, -0.2) is 46.0 Å².